The van der Waals surface area contributed by atoms with Gasteiger partial charge in [0.25, 0.3) is 0 Å². The van der Waals surface area contributed by atoms with Gasteiger partial charge in [-0.2, -0.15) is 0 Å². The van der Waals surface area contributed by atoms with Gasteiger partial charge in [-0.3, -0.25) is 4.79 Å². The summed E-state index contributed by atoms with van der Waals surface area (Å²) in [7, 11) is 1.61. The van der Waals surface area contributed by atoms with Crippen LogP contribution in [0.15, 0.2) is 30.3 Å². The number of benzene rings is 1. The van der Waals surface area contributed by atoms with E-state index in [1.54, 1.807) is 13.2 Å². The van der Waals surface area contributed by atoms with Crippen LogP contribution in [-0.2, 0) is 19.1 Å². The fourth-order valence-corrected chi connectivity index (χ4v) is 2.16. The maximum atomic E-state index is 11.8. The molecule has 0 N–H and O–H groups in total. The van der Waals surface area contributed by atoms with Gasteiger partial charge in [-0.1, -0.05) is 19.1 Å². The Kier molecular flexibility index (Phi) is 10.2. The Balaban J connectivity index is 2.08. The number of unbranched alkanes of at least 4 members (excludes halogenated alkanes) is 3. The maximum absolute atomic E-state index is 11.8. The van der Waals surface area contributed by atoms with E-state index in [2.05, 4.69) is 0 Å². The second kappa shape index (κ2) is 12.2. The van der Waals surface area contributed by atoms with Gasteiger partial charge in [0.15, 0.2) is 0 Å². The highest BCUT2D eigenvalue weighted by molar-refractivity contribution is 5.87. The summed E-state index contributed by atoms with van der Waals surface area (Å²) in [5, 5.41) is 0. The minimum absolute atomic E-state index is 0.137. The van der Waals surface area contributed by atoms with E-state index in [0.29, 0.717) is 13.2 Å². The summed E-state index contributed by atoms with van der Waals surface area (Å²) < 4.78 is 15.6. The van der Waals surface area contributed by atoms with Gasteiger partial charge in [0.2, 0.25) is 0 Å². The van der Waals surface area contributed by atoms with Crippen LogP contribution >= 0.6 is 0 Å². The maximum Gasteiger partial charge on any atom is 0.330 e. The molecule has 0 aliphatic carbocycles. The van der Waals surface area contributed by atoms with E-state index < -0.39 is 5.41 Å². The van der Waals surface area contributed by atoms with Crippen molar-refractivity contribution in [3.05, 3.63) is 35.9 Å². The Morgan fingerprint density at radius 2 is 1.56 bits per heavy atom. The summed E-state index contributed by atoms with van der Waals surface area (Å²) in [5.41, 5.74) is 0.502. The Bertz CT molecular complexity index is 602. The molecule has 0 aliphatic rings. The molecule has 0 unspecified atom stereocenters. The van der Waals surface area contributed by atoms with Crippen LogP contribution in [0.5, 0.6) is 5.75 Å². The molecule has 5 heteroatoms. The third-order valence-corrected chi connectivity index (χ3v) is 4.48. The van der Waals surface area contributed by atoms with Gasteiger partial charge in [0.1, 0.15) is 5.75 Å². The zero-order valence-electron chi connectivity index (χ0n) is 17.0. The van der Waals surface area contributed by atoms with Gasteiger partial charge in [0.05, 0.1) is 25.7 Å². The van der Waals surface area contributed by atoms with Crippen molar-refractivity contribution in [2.45, 2.75) is 52.9 Å². The van der Waals surface area contributed by atoms with Crippen LogP contribution in [0.25, 0.3) is 6.08 Å². The van der Waals surface area contributed by atoms with Crippen molar-refractivity contribution >= 4 is 18.0 Å². The van der Waals surface area contributed by atoms with E-state index in [-0.39, 0.29) is 11.9 Å². The highest BCUT2D eigenvalue weighted by Crippen LogP contribution is 2.21. The van der Waals surface area contributed by atoms with Crippen LogP contribution in [0.2, 0.25) is 0 Å². The quantitative estimate of drug-likeness (QED) is 0.298. The van der Waals surface area contributed by atoms with Crippen LogP contribution in [0, 0.1) is 5.41 Å². The van der Waals surface area contributed by atoms with Gasteiger partial charge in [-0.25, -0.2) is 4.79 Å². The molecule has 1 rings (SSSR count). The first-order chi connectivity index (χ1) is 12.9. The van der Waals surface area contributed by atoms with Crippen molar-refractivity contribution in [3.63, 3.8) is 0 Å². The molecule has 1 aromatic carbocycles. The first kappa shape index (κ1) is 22.7. The molecule has 0 fully saturated rings. The Morgan fingerprint density at radius 3 is 2.11 bits per heavy atom. The predicted octanol–water partition coefficient (Wildman–Crippen LogP) is 4.79. The largest absolute Gasteiger partial charge is 0.497 e. The molecule has 0 aliphatic heterocycles. The number of carbonyl (C=O) groups is 2. The van der Waals surface area contributed by atoms with Crippen molar-refractivity contribution in [2.75, 3.05) is 20.3 Å². The normalized spacial score (nSPS) is 11.4. The van der Waals surface area contributed by atoms with Crippen LogP contribution in [0.4, 0.5) is 0 Å². The van der Waals surface area contributed by atoms with Gasteiger partial charge in [-0.05, 0) is 69.7 Å². The summed E-state index contributed by atoms with van der Waals surface area (Å²) >= 11 is 0. The highest BCUT2D eigenvalue weighted by Gasteiger charge is 2.26. The van der Waals surface area contributed by atoms with Gasteiger partial charge in [-0.15, -0.1) is 0 Å². The number of carbonyl (C=O) groups excluding carboxylic acids is 2. The predicted molar refractivity (Wildman–Crippen MR) is 106 cm³/mol. The number of ether oxygens (including phenoxy) is 3. The zero-order chi connectivity index (χ0) is 20.1. The first-order valence-electron chi connectivity index (χ1n) is 9.55. The molecule has 0 spiro atoms. The fraction of sp³-hybridized carbons (Fsp3) is 0.545. The number of hydrogen-bond donors (Lipinski definition) is 0. The Labute approximate surface area is 162 Å². The Morgan fingerprint density at radius 1 is 0.963 bits per heavy atom. The molecule has 0 saturated heterocycles. The molecular weight excluding hydrogens is 344 g/mol. The highest BCUT2D eigenvalue weighted by atomic mass is 16.5. The molecule has 150 valence electrons. The average molecular weight is 376 g/mol. The van der Waals surface area contributed by atoms with Crippen LogP contribution in [0.3, 0.4) is 0 Å². The number of hydrogen-bond acceptors (Lipinski definition) is 5. The smallest absolute Gasteiger partial charge is 0.330 e. The SMILES string of the molecule is CCC(C)(C)C(=O)OCCCCCCOC(=O)/C=C/c1ccc(OC)cc1. The second-order valence-electron chi connectivity index (χ2n) is 7.06. The van der Waals surface area contributed by atoms with E-state index in [1.807, 2.05) is 45.0 Å². The second-order valence-corrected chi connectivity index (χ2v) is 7.06. The van der Waals surface area contributed by atoms with Gasteiger partial charge >= 0.3 is 11.9 Å². The average Bonchev–Trinajstić information content (AvgIpc) is 2.68. The summed E-state index contributed by atoms with van der Waals surface area (Å²) in [6, 6.07) is 7.42. The summed E-state index contributed by atoms with van der Waals surface area (Å²) in [6.07, 6.45) is 7.42. The molecule has 27 heavy (non-hydrogen) atoms. The standard InChI is InChI=1S/C22H32O5/c1-5-22(2,3)21(24)27-17-9-7-6-8-16-26-20(23)15-12-18-10-13-19(25-4)14-11-18/h10-15H,5-9,16-17H2,1-4H3/b15-12+. The fourth-order valence-electron chi connectivity index (χ4n) is 2.16. The lowest BCUT2D eigenvalue weighted by atomic mass is 9.91. The van der Waals surface area contributed by atoms with Gasteiger partial charge in [0, 0.05) is 6.08 Å². The lowest BCUT2D eigenvalue weighted by Gasteiger charge is -2.20. The number of methoxy groups -OCH3 is 1. The van der Waals surface area contributed by atoms with Crippen molar-refractivity contribution in [1.29, 1.82) is 0 Å². The molecule has 1 aromatic rings. The summed E-state index contributed by atoms with van der Waals surface area (Å²) in [5.74, 6) is 0.294. The van der Waals surface area contributed by atoms with E-state index in [0.717, 1.165) is 43.4 Å². The third-order valence-electron chi connectivity index (χ3n) is 4.48. The molecule has 0 atom stereocenters. The molecule has 0 saturated carbocycles. The van der Waals surface area contributed by atoms with Crippen molar-refractivity contribution < 1.29 is 23.8 Å². The molecule has 0 radical (unpaired) electrons. The molecular formula is C22H32O5. The minimum Gasteiger partial charge on any atom is -0.497 e. The summed E-state index contributed by atoms with van der Waals surface area (Å²) in [6.45, 7) is 6.62. The molecule has 0 bridgehead atoms. The van der Waals surface area contributed by atoms with Crippen molar-refractivity contribution in [1.82, 2.24) is 0 Å². The van der Waals surface area contributed by atoms with Crippen molar-refractivity contribution in [2.24, 2.45) is 5.41 Å². The lowest BCUT2D eigenvalue weighted by molar-refractivity contribution is -0.154. The van der Waals surface area contributed by atoms with Gasteiger partial charge < -0.3 is 14.2 Å². The number of esters is 2. The first-order valence-corrected chi connectivity index (χ1v) is 9.55. The lowest BCUT2D eigenvalue weighted by Crippen LogP contribution is -2.26. The van der Waals surface area contributed by atoms with Crippen LogP contribution in [-0.4, -0.2) is 32.3 Å². The van der Waals surface area contributed by atoms with E-state index in [1.165, 1.54) is 6.08 Å². The molecule has 0 heterocycles. The van der Waals surface area contributed by atoms with Crippen LogP contribution in [0.1, 0.15) is 58.4 Å². The molecule has 0 aromatic heterocycles. The topological polar surface area (TPSA) is 61.8 Å². The number of rotatable bonds is 12. The molecule has 0 amide bonds. The summed E-state index contributed by atoms with van der Waals surface area (Å²) in [4.78, 5) is 23.5. The van der Waals surface area contributed by atoms with Crippen LogP contribution < -0.4 is 4.74 Å². The zero-order valence-corrected chi connectivity index (χ0v) is 17.0. The van der Waals surface area contributed by atoms with E-state index in [4.69, 9.17) is 14.2 Å². The van der Waals surface area contributed by atoms with E-state index in [9.17, 15) is 9.59 Å². The van der Waals surface area contributed by atoms with Crippen molar-refractivity contribution in [3.8, 4) is 5.75 Å². The van der Waals surface area contributed by atoms with E-state index >= 15 is 0 Å². The Hall–Kier alpha value is -2.30. The minimum atomic E-state index is -0.409. The monoisotopic (exact) mass is 376 g/mol. The molecule has 5 nitrogen and oxygen atoms in total. The third kappa shape index (κ3) is 9.27.